The third kappa shape index (κ3) is 3.53. The minimum Gasteiger partial charge on any atom is -0.396 e. The largest absolute Gasteiger partial charge is 0.396 e. The fourth-order valence-electron chi connectivity index (χ4n) is 5.76. The number of allylic oxidation sites excluding steroid dienone is 2. The van der Waals surface area contributed by atoms with E-state index in [1.165, 1.54) is 0 Å². The van der Waals surface area contributed by atoms with Crippen LogP contribution in [-0.2, 0) is 16.6 Å². The fraction of sp³-hybridized carbons (Fsp3) is 0.407. The van der Waals surface area contributed by atoms with E-state index in [0.717, 1.165) is 52.1 Å². The lowest BCUT2D eigenvalue weighted by atomic mass is 9.58. The highest BCUT2D eigenvalue weighted by atomic mass is 16.3. The van der Waals surface area contributed by atoms with E-state index >= 15 is 0 Å². The first-order valence-electron chi connectivity index (χ1n) is 11.7. The van der Waals surface area contributed by atoms with Gasteiger partial charge in [0, 0.05) is 48.2 Å². The summed E-state index contributed by atoms with van der Waals surface area (Å²) in [4.78, 5) is 18.0. The van der Waals surface area contributed by atoms with Crippen LogP contribution in [0.5, 0.6) is 0 Å². The number of nitrogens with one attached hydrogen (secondary N) is 1. The molecule has 3 heterocycles. The summed E-state index contributed by atoms with van der Waals surface area (Å²) in [6, 6.07) is 12.5. The smallest absolute Gasteiger partial charge is 0.164 e. The van der Waals surface area contributed by atoms with Gasteiger partial charge in [-0.25, -0.2) is 0 Å². The van der Waals surface area contributed by atoms with Gasteiger partial charge in [0.2, 0.25) is 0 Å². The summed E-state index contributed by atoms with van der Waals surface area (Å²) in [6.45, 7) is 6.52. The quantitative estimate of drug-likeness (QED) is 0.693. The van der Waals surface area contributed by atoms with Crippen molar-refractivity contribution >= 4 is 5.78 Å². The summed E-state index contributed by atoms with van der Waals surface area (Å²) in [7, 11) is 0. The molecule has 1 aliphatic carbocycles. The zero-order chi connectivity index (χ0) is 23.2. The lowest BCUT2D eigenvalue weighted by Gasteiger charge is -2.47. The van der Waals surface area contributed by atoms with Crippen molar-refractivity contribution in [3.63, 3.8) is 0 Å². The molecule has 33 heavy (non-hydrogen) atoms. The van der Waals surface area contributed by atoms with E-state index in [0.29, 0.717) is 12.8 Å². The highest BCUT2D eigenvalue weighted by Crippen LogP contribution is 2.53. The number of aromatic nitrogens is 1. The molecule has 0 saturated carbocycles. The van der Waals surface area contributed by atoms with E-state index < -0.39 is 5.41 Å². The average molecular weight is 443 g/mol. The van der Waals surface area contributed by atoms with Crippen LogP contribution < -0.4 is 5.32 Å². The van der Waals surface area contributed by atoms with Gasteiger partial charge in [0.15, 0.2) is 11.9 Å². The van der Waals surface area contributed by atoms with Gasteiger partial charge < -0.3 is 10.4 Å². The first-order chi connectivity index (χ1) is 15.9. The summed E-state index contributed by atoms with van der Waals surface area (Å²) in [5.41, 5.74) is 6.37. The number of aliphatic hydroxyl groups is 1. The monoisotopic (exact) mass is 442 g/mol. The molecule has 1 aromatic carbocycles. The minimum atomic E-state index is -0.556. The number of aliphatic hydroxyl groups excluding tert-OH is 1. The van der Waals surface area contributed by atoms with Crippen LogP contribution in [0.15, 0.2) is 75.9 Å². The van der Waals surface area contributed by atoms with E-state index in [-0.39, 0.29) is 24.0 Å². The first-order valence-corrected chi connectivity index (χ1v) is 11.7. The normalized spacial score (nSPS) is 25.4. The van der Waals surface area contributed by atoms with Gasteiger partial charge in [0.25, 0.3) is 0 Å². The molecular formula is C27H30N4O2. The molecule has 2 atom stereocenters. The standard InChI is InChI=1S/C27H30N4O2/c1-4-27(19-7-5-6-17(12-19)18-8-10-28-20(13-18)9-11-32)21-16-29-31-25(21)30-22-14-26(2,3)15-23(33)24(22)27/h5-8,10,12-13,16,25,30,32H,4,9,11,14-15H2,1-3H3/t25?,27-/m0/s1. The highest BCUT2D eigenvalue weighted by molar-refractivity contribution is 6.01. The summed E-state index contributed by atoms with van der Waals surface area (Å²) in [5, 5.41) is 21.5. The molecule has 0 fully saturated rings. The van der Waals surface area contributed by atoms with Gasteiger partial charge in [-0.05, 0) is 53.1 Å². The van der Waals surface area contributed by atoms with Crippen LogP contribution in [0.2, 0.25) is 0 Å². The number of rotatable bonds is 5. The van der Waals surface area contributed by atoms with Crippen molar-refractivity contribution in [2.45, 2.75) is 58.0 Å². The van der Waals surface area contributed by atoms with Gasteiger partial charge in [-0.3, -0.25) is 9.78 Å². The number of ketones is 1. The molecule has 0 radical (unpaired) electrons. The van der Waals surface area contributed by atoms with Crippen molar-refractivity contribution in [3.05, 3.63) is 76.9 Å². The number of benzene rings is 1. The van der Waals surface area contributed by atoms with Crippen LogP contribution in [-0.4, -0.2) is 28.6 Å². The summed E-state index contributed by atoms with van der Waals surface area (Å²) in [6.07, 6.45) is 6.04. The Labute approximate surface area is 194 Å². The molecule has 0 amide bonds. The number of carbonyl (C=O) groups is 1. The Morgan fingerprint density at radius 2 is 1.97 bits per heavy atom. The fourth-order valence-corrected chi connectivity index (χ4v) is 5.76. The minimum absolute atomic E-state index is 0.0698. The van der Waals surface area contributed by atoms with Crippen LogP contribution in [0.1, 0.15) is 51.3 Å². The molecule has 6 nitrogen and oxygen atoms in total. The maximum Gasteiger partial charge on any atom is 0.164 e. The molecule has 2 aromatic rings. The molecule has 1 aromatic heterocycles. The molecule has 0 bridgehead atoms. The van der Waals surface area contributed by atoms with Crippen molar-refractivity contribution < 1.29 is 9.90 Å². The van der Waals surface area contributed by atoms with E-state index in [1.807, 2.05) is 18.3 Å². The number of pyridine rings is 1. The zero-order valence-electron chi connectivity index (χ0n) is 19.4. The van der Waals surface area contributed by atoms with Gasteiger partial charge in [-0.15, -0.1) is 0 Å². The van der Waals surface area contributed by atoms with E-state index in [1.54, 1.807) is 6.20 Å². The molecule has 0 spiro atoms. The number of hydrogen-bond donors (Lipinski definition) is 2. The third-order valence-electron chi connectivity index (χ3n) is 7.18. The van der Waals surface area contributed by atoms with Crippen LogP contribution in [0.3, 0.4) is 0 Å². The van der Waals surface area contributed by atoms with E-state index in [9.17, 15) is 9.90 Å². The maximum atomic E-state index is 13.6. The maximum absolute atomic E-state index is 13.6. The molecule has 5 rings (SSSR count). The van der Waals surface area contributed by atoms with Crippen molar-refractivity contribution in [1.29, 1.82) is 0 Å². The Morgan fingerprint density at radius 3 is 2.76 bits per heavy atom. The Morgan fingerprint density at radius 1 is 1.15 bits per heavy atom. The lowest BCUT2D eigenvalue weighted by molar-refractivity contribution is -0.119. The second-order valence-electron chi connectivity index (χ2n) is 10.0. The van der Waals surface area contributed by atoms with Crippen molar-refractivity contribution in [3.8, 4) is 11.1 Å². The molecule has 0 saturated heterocycles. The average Bonchev–Trinajstić information content (AvgIpc) is 3.26. The Hall–Kier alpha value is -3.12. The van der Waals surface area contributed by atoms with Gasteiger partial charge in [-0.2, -0.15) is 10.2 Å². The van der Waals surface area contributed by atoms with Crippen LogP contribution in [0.25, 0.3) is 11.1 Å². The summed E-state index contributed by atoms with van der Waals surface area (Å²) >= 11 is 0. The van der Waals surface area contributed by atoms with Gasteiger partial charge in [0.1, 0.15) is 0 Å². The number of carbonyl (C=O) groups excluding carboxylic acids is 1. The summed E-state index contributed by atoms with van der Waals surface area (Å²) < 4.78 is 0. The lowest BCUT2D eigenvalue weighted by Crippen LogP contribution is -2.51. The second-order valence-corrected chi connectivity index (χ2v) is 10.0. The van der Waals surface area contributed by atoms with Gasteiger partial charge in [-0.1, -0.05) is 39.0 Å². The van der Waals surface area contributed by atoms with Gasteiger partial charge in [0.05, 0.1) is 11.6 Å². The Balaban J connectivity index is 1.69. The van der Waals surface area contributed by atoms with Crippen LogP contribution >= 0.6 is 0 Å². The highest BCUT2D eigenvalue weighted by Gasteiger charge is 2.52. The SMILES string of the molecule is CC[C@]1(c2cccc(-c3ccnc(CCO)c3)c2)C2=CN=NC2NC2=C1C(=O)CC(C)(C)C2. The molecular weight excluding hydrogens is 412 g/mol. The topological polar surface area (TPSA) is 86.9 Å². The number of azo groups is 1. The Bertz CT molecular complexity index is 1210. The molecule has 170 valence electrons. The molecule has 2 aliphatic heterocycles. The summed E-state index contributed by atoms with van der Waals surface area (Å²) in [5.74, 6) is 0.210. The second kappa shape index (κ2) is 8.03. The molecule has 6 heteroatoms. The van der Waals surface area contributed by atoms with Crippen molar-refractivity contribution in [2.75, 3.05) is 6.61 Å². The number of Topliss-reactive ketones (excluding diaryl/α,β-unsaturated/α-hetero) is 1. The predicted molar refractivity (Wildman–Crippen MR) is 127 cm³/mol. The molecule has 3 aliphatic rings. The number of hydrogen-bond acceptors (Lipinski definition) is 6. The van der Waals surface area contributed by atoms with E-state index in [2.05, 4.69) is 65.6 Å². The number of nitrogens with zero attached hydrogens (tertiary/aromatic N) is 3. The van der Waals surface area contributed by atoms with Crippen molar-refractivity contribution in [2.24, 2.45) is 15.6 Å². The third-order valence-corrected chi connectivity index (χ3v) is 7.18. The zero-order valence-corrected chi connectivity index (χ0v) is 19.4. The van der Waals surface area contributed by atoms with Gasteiger partial charge >= 0.3 is 0 Å². The van der Waals surface area contributed by atoms with Crippen LogP contribution in [0, 0.1) is 5.41 Å². The Kier molecular flexibility index (Phi) is 5.28. The van der Waals surface area contributed by atoms with Crippen molar-refractivity contribution in [1.82, 2.24) is 10.3 Å². The molecule has 1 unspecified atom stereocenters. The first kappa shape index (κ1) is 21.7. The number of fused-ring (bicyclic) bond motifs is 1. The van der Waals surface area contributed by atoms with Crippen LogP contribution in [0.4, 0.5) is 0 Å². The van der Waals surface area contributed by atoms with E-state index in [4.69, 9.17) is 0 Å². The molecule has 2 N–H and O–H groups in total. The predicted octanol–water partition coefficient (Wildman–Crippen LogP) is 4.85.